The maximum Gasteiger partial charge on any atom is 0.185 e. The molecule has 1 heterocycles. The summed E-state index contributed by atoms with van der Waals surface area (Å²) in [5.41, 5.74) is 6.89. The molecule has 48 heavy (non-hydrogen) atoms. The van der Waals surface area contributed by atoms with Gasteiger partial charge in [0.25, 0.3) is 0 Å². The summed E-state index contributed by atoms with van der Waals surface area (Å²) in [6.45, 7) is 18.3. The summed E-state index contributed by atoms with van der Waals surface area (Å²) in [5.74, 6) is 2.81. The van der Waals surface area contributed by atoms with Gasteiger partial charge in [0.15, 0.2) is 12.0 Å². The molecule has 1 saturated carbocycles. The van der Waals surface area contributed by atoms with Crippen LogP contribution in [0.3, 0.4) is 0 Å². The van der Waals surface area contributed by atoms with Gasteiger partial charge in [-0.25, -0.2) is 8.78 Å². The maximum absolute atomic E-state index is 14.3. The highest BCUT2D eigenvalue weighted by atomic mass is 79.9. The van der Waals surface area contributed by atoms with E-state index in [9.17, 15) is 13.6 Å². The normalized spacial score (nSPS) is 12.5. The number of furan rings is 1. The average molecular weight is 727 g/mol. The summed E-state index contributed by atoms with van der Waals surface area (Å²) in [4.78, 5) is 16.1. The predicted octanol–water partition coefficient (Wildman–Crippen LogP) is 13.0. The Hall–Kier alpha value is -3.55. The zero-order chi connectivity index (χ0) is 36.1. The third-order valence-electron chi connectivity index (χ3n) is 6.78. The number of nitrogens with one attached hydrogen (secondary N) is 1. The topological polar surface area (TPSA) is 51.5 Å². The van der Waals surface area contributed by atoms with Crippen molar-refractivity contribution in [3.8, 4) is 11.3 Å². The highest BCUT2D eigenvalue weighted by Gasteiger charge is 2.28. The number of allylic oxidation sites excluding steroid dienone is 2. The fraction of sp³-hybridized carbons (Fsp3) is 0.390. The van der Waals surface area contributed by atoms with E-state index in [0.29, 0.717) is 29.4 Å². The second kappa shape index (κ2) is 23.7. The number of carbonyl (C=O) groups is 1. The molecule has 1 aliphatic rings. The Morgan fingerprint density at radius 1 is 0.958 bits per heavy atom. The largest absolute Gasteiger partial charge is 0.453 e. The number of aryl methyl sites for hydroxylation is 1. The fourth-order valence-corrected chi connectivity index (χ4v) is 4.72. The quantitative estimate of drug-likeness (QED) is 0.100. The minimum Gasteiger partial charge on any atom is -0.453 e. The van der Waals surface area contributed by atoms with Gasteiger partial charge in [-0.3, -0.25) is 4.79 Å². The van der Waals surface area contributed by atoms with Gasteiger partial charge in [0, 0.05) is 21.5 Å². The van der Waals surface area contributed by atoms with Crippen molar-refractivity contribution in [1.29, 1.82) is 0 Å². The molecule has 4 nitrogen and oxygen atoms in total. The number of hydrogen-bond donors (Lipinski definition) is 1. The second-order valence-electron chi connectivity index (χ2n) is 11.3. The lowest BCUT2D eigenvalue weighted by Crippen LogP contribution is -2.20. The van der Waals surface area contributed by atoms with E-state index in [1.165, 1.54) is 30.5 Å². The number of hydroxylamine groups is 1. The molecule has 7 heteroatoms. The van der Waals surface area contributed by atoms with E-state index in [0.717, 1.165) is 40.0 Å². The van der Waals surface area contributed by atoms with E-state index in [-0.39, 0.29) is 17.7 Å². The number of rotatable bonds is 10. The van der Waals surface area contributed by atoms with Crippen molar-refractivity contribution < 1.29 is 22.8 Å². The Bertz CT molecular complexity index is 1480. The number of halogens is 3. The van der Waals surface area contributed by atoms with Gasteiger partial charge >= 0.3 is 0 Å². The van der Waals surface area contributed by atoms with E-state index in [1.807, 2.05) is 77.9 Å². The van der Waals surface area contributed by atoms with Crippen LogP contribution in [0.1, 0.15) is 108 Å². The molecule has 1 atom stereocenters. The molecule has 0 spiro atoms. The summed E-state index contributed by atoms with van der Waals surface area (Å²) in [6, 6.07) is 23.1. The molecule has 5 rings (SSSR count). The fourth-order valence-electron chi connectivity index (χ4n) is 4.35. The number of carbonyl (C=O) groups excluding carboxylic acids is 1. The van der Waals surface area contributed by atoms with Crippen LogP contribution in [0.15, 0.2) is 99.6 Å². The number of hydrogen-bond acceptors (Lipinski definition) is 4. The maximum atomic E-state index is 14.3. The third kappa shape index (κ3) is 16.0. The monoisotopic (exact) mass is 725 g/mol. The smallest absolute Gasteiger partial charge is 0.185 e. The molecule has 0 amide bonds. The van der Waals surface area contributed by atoms with Crippen LogP contribution in [0.4, 0.5) is 8.78 Å². The van der Waals surface area contributed by atoms with Crippen molar-refractivity contribution in [3.05, 3.63) is 129 Å². The molecule has 1 fully saturated rings. The van der Waals surface area contributed by atoms with Gasteiger partial charge in [0.1, 0.15) is 23.2 Å². The van der Waals surface area contributed by atoms with Crippen LogP contribution < -0.4 is 5.48 Å². The lowest BCUT2D eigenvalue weighted by Gasteiger charge is -2.18. The Morgan fingerprint density at radius 3 is 2.10 bits per heavy atom. The molecule has 3 aromatic carbocycles. The molecular weight excluding hydrogens is 672 g/mol. The highest BCUT2D eigenvalue weighted by molar-refractivity contribution is 9.10. The van der Waals surface area contributed by atoms with E-state index in [2.05, 4.69) is 48.3 Å². The van der Waals surface area contributed by atoms with Crippen LogP contribution in [0.25, 0.3) is 11.3 Å². The Balaban J connectivity index is 0.000000377. The molecule has 1 aliphatic carbocycles. The summed E-state index contributed by atoms with van der Waals surface area (Å²) < 4.78 is 32.5. The van der Waals surface area contributed by atoms with Crippen LogP contribution in [0.2, 0.25) is 0 Å². The summed E-state index contributed by atoms with van der Waals surface area (Å²) in [6.07, 6.45) is 7.07. The summed E-state index contributed by atoms with van der Waals surface area (Å²) in [5, 5.41) is 0. The van der Waals surface area contributed by atoms with Gasteiger partial charge in [0.2, 0.25) is 0 Å². The molecule has 4 aromatic rings. The van der Waals surface area contributed by atoms with Crippen molar-refractivity contribution in [1.82, 2.24) is 5.48 Å². The van der Waals surface area contributed by atoms with Crippen LogP contribution in [-0.2, 0) is 11.3 Å². The first-order chi connectivity index (χ1) is 23.1. The first-order valence-electron chi connectivity index (χ1n) is 17.0. The summed E-state index contributed by atoms with van der Waals surface area (Å²) in [7, 11) is 0. The number of benzene rings is 3. The van der Waals surface area contributed by atoms with E-state index in [1.54, 1.807) is 30.3 Å². The molecule has 1 aromatic heterocycles. The SMILES string of the molecule is CC.CC.CC/C=C(/ONC(C)c1ccc(CC(C)C)cc1F)C1CC1.Cc1ccc(-c2ccc(C=O)o2)cc1.Fc1cccc(Br)c1. The molecule has 0 bridgehead atoms. The standard InChI is InChI=1S/C19H28FNO.C12H10O2.C6H4BrF.2C2H6/c1-5-6-19(16-8-9-16)22-21-14(4)17-10-7-15(11-13(2)3)12-18(17)20;1-9-2-4-10(5-3-9)12-7-6-11(8-13)14-12;7-5-2-1-3-6(8)4-5;2*1-2/h6-7,10,12-14,16,21H,5,8-9,11H2,1-4H3;2-8H,1H3;1-4H;2*1-2H3/b19-6+;;;;. The van der Waals surface area contributed by atoms with Crippen molar-refractivity contribution in [2.24, 2.45) is 11.8 Å². The number of aldehydes is 1. The van der Waals surface area contributed by atoms with Gasteiger partial charge in [-0.15, -0.1) is 5.48 Å². The van der Waals surface area contributed by atoms with Crippen LogP contribution in [0, 0.1) is 30.4 Å². The lowest BCUT2D eigenvalue weighted by molar-refractivity contribution is 0.0673. The summed E-state index contributed by atoms with van der Waals surface area (Å²) >= 11 is 3.12. The highest BCUT2D eigenvalue weighted by Crippen LogP contribution is 2.37. The van der Waals surface area contributed by atoms with Crippen molar-refractivity contribution in [2.75, 3.05) is 0 Å². The first kappa shape index (κ1) is 42.5. The lowest BCUT2D eigenvalue weighted by atomic mass is 9.99. The van der Waals surface area contributed by atoms with Crippen molar-refractivity contribution in [3.63, 3.8) is 0 Å². The third-order valence-corrected chi connectivity index (χ3v) is 7.27. The Labute approximate surface area is 296 Å². The van der Waals surface area contributed by atoms with Crippen LogP contribution in [0.5, 0.6) is 0 Å². The predicted molar refractivity (Wildman–Crippen MR) is 200 cm³/mol. The van der Waals surface area contributed by atoms with Gasteiger partial charge in [-0.2, -0.15) is 0 Å². The van der Waals surface area contributed by atoms with Gasteiger partial charge in [0.05, 0.1) is 6.04 Å². The Kier molecular flexibility index (Phi) is 21.0. The molecule has 0 radical (unpaired) electrons. The molecule has 262 valence electrons. The minimum absolute atomic E-state index is 0.158. The van der Waals surface area contributed by atoms with E-state index in [4.69, 9.17) is 9.25 Å². The zero-order valence-corrected chi connectivity index (χ0v) is 31.7. The molecule has 1 unspecified atom stereocenters. The first-order valence-corrected chi connectivity index (χ1v) is 17.8. The van der Waals surface area contributed by atoms with E-state index < -0.39 is 0 Å². The second-order valence-corrected chi connectivity index (χ2v) is 12.2. The molecule has 0 saturated heterocycles. The van der Waals surface area contributed by atoms with Gasteiger partial charge in [-0.1, -0.05) is 112 Å². The molecule has 0 aliphatic heterocycles. The van der Waals surface area contributed by atoms with Gasteiger partial charge < -0.3 is 9.25 Å². The van der Waals surface area contributed by atoms with E-state index >= 15 is 0 Å². The molecule has 1 N–H and O–H groups in total. The van der Waals surface area contributed by atoms with Crippen molar-refractivity contribution in [2.45, 2.75) is 94.0 Å². The average Bonchev–Trinajstić information content (AvgIpc) is 3.81. The minimum atomic E-state index is -0.209. The molecular formula is C41H54BrF2NO3. The van der Waals surface area contributed by atoms with Crippen LogP contribution >= 0.6 is 15.9 Å². The van der Waals surface area contributed by atoms with Crippen molar-refractivity contribution >= 4 is 22.2 Å². The zero-order valence-electron chi connectivity index (χ0n) is 30.1. The Morgan fingerprint density at radius 2 is 1.62 bits per heavy atom. The van der Waals surface area contributed by atoms with Crippen LogP contribution in [-0.4, -0.2) is 6.29 Å². The van der Waals surface area contributed by atoms with Gasteiger partial charge in [-0.05, 0) is 93.5 Å².